The van der Waals surface area contributed by atoms with E-state index in [9.17, 15) is 9.90 Å². The van der Waals surface area contributed by atoms with E-state index in [0.29, 0.717) is 24.3 Å². The number of urea groups is 1. The zero-order valence-corrected chi connectivity index (χ0v) is 11.1. The van der Waals surface area contributed by atoms with Crippen LogP contribution in [0.1, 0.15) is 38.1 Å². The number of nitrogens with one attached hydrogen (secondary N) is 2. The lowest BCUT2D eigenvalue weighted by atomic mass is 10.2. The lowest BCUT2D eigenvalue weighted by molar-refractivity contribution is 0.162. The van der Waals surface area contributed by atoms with E-state index in [1.807, 2.05) is 13.8 Å². The first-order valence-corrected chi connectivity index (χ1v) is 6.26. The van der Waals surface area contributed by atoms with Crippen LogP contribution in [0.3, 0.4) is 0 Å². The van der Waals surface area contributed by atoms with Gasteiger partial charge in [-0.1, -0.05) is 25.4 Å². The summed E-state index contributed by atoms with van der Waals surface area (Å²) in [7, 11) is 0. The van der Waals surface area contributed by atoms with Crippen LogP contribution in [-0.2, 0) is 6.42 Å². The fourth-order valence-corrected chi connectivity index (χ4v) is 1.62. The summed E-state index contributed by atoms with van der Waals surface area (Å²) in [6.07, 6.45) is 1.74. The Kier molecular flexibility index (Phi) is 5.64. The molecule has 0 aliphatic carbocycles. The minimum atomic E-state index is -0.505. The second-order valence-corrected chi connectivity index (χ2v) is 4.19. The molecule has 0 radical (unpaired) electrons. The Labute approximate surface area is 107 Å². The number of aryl methyl sites for hydroxylation is 2. The van der Waals surface area contributed by atoms with Crippen molar-refractivity contribution in [1.29, 1.82) is 0 Å². The second-order valence-electron chi connectivity index (χ2n) is 4.19. The molecule has 1 aromatic rings. The van der Waals surface area contributed by atoms with Gasteiger partial charge >= 0.3 is 6.03 Å². The van der Waals surface area contributed by atoms with Crippen molar-refractivity contribution in [3.63, 3.8) is 0 Å². The number of aromatic nitrogens is 1. The summed E-state index contributed by atoms with van der Waals surface area (Å²) < 4.78 is 5.01. The van der Waals surface area contributed by atoms with Crippen LogP contribution in [0.25, 0.3) is 0 Å². The minimum absolute atomic E-state index is 0.242. The highest BCUT2D eigenvalue weighted by atomic mass is 16.5. The Morgan fingerprint density at radius 3 is 2.83 bits per heavy atom. The SMILES string of the molecule is CCCC(O)CNC(=O)Nc1c(CC)noc1C. The molecule has 1 atom stereocenters. The van der Waals surface area contributed by atoms with Crippen molar-refractivity contribution in [2.75, 3.05) is 11.9 Å². The standard InChI is InChI=1S/C12H21N3O3/c1-4-6-9(16)7-13-12(17)14-11-8(3)18-15-10(11)5-2/h9,16H,4-7H2,1-3H3,(H2,13,14,17). The van der Waals surface area contributed by atoms with E-state index in [1.54, 1.807) is 6.92 Å². The molecule has 0 fully saturated rings. The van der Waals surface area contributed by atoms with Crippen molar-refractivity contribution < 1.29 is 14.4 Å². The highest BCUT2D eigenvalue weighted by Gasteiger charge is 2.14. The van der Waals surface area contributed by atoms with Gasteiger partial charge in [0.25, 0.3) is 0 Å². The van der Waals surface area contributed by atoms with Gasteiger partial charge < -0.3 is 20.3 Å². The third-order valence-corrected chi connectivity index (χ3v) is 2.63. The van der Waals surface area contributed by atoms with Gasteiger partial charge in [-0.05, 0) is 19.8 Å². The lowest BCUT2D eigenvalue weighted by Gasteiger charge is -2.11. The Balaban J connectivity index is 2.47. The Hall–Kier alpha value is -1.56. The van der Waals surface area contributed by atoms with E-state index < -0.39 is 6.10 Å². The fraction of sp³-hybridized carbons (Fsp3) is 0.667. The number of anilines is 1. The van der Waals surface area contributed by atoms with Gasteiger partial charge in [0.15, 0.2) is 5.76 Å². The summed E-state index contributed by atoms with van der Waals surface area (Å²) in [5.41, 5.74) is 1.33. The Morgan fingerprint density at radius 1 is 1.50 bits per heavy atom. The third kappa shape index (κ3) is 4.03. The predicted octanol–water partition coefficient (Wildman–Crippen LogP) is 1.83. The van der Waals surface area contributed by atoms with Crippen molar-refractivity contribution in [2.24, 2.45) is 0 Å². The van der Waals surface area contributed by atoms with Gasteiger partial charge in [0.05, 0.1) is 6.10 Å². The molecule has 1 unspecified atom stereocenters. The summed E-state index contributed by atoms with van der Waals surface area (Å²) in [6.45, 7) is 5.90. The van der Waals surface area contributed by atoms with Gasteiger partial charge in [0.1, 0.15) is 11.4 Å². The molecule has 0 bridgehead atoms. The summed E-state index contributed by atoms with van der Waals surface area (Å²) in [5, 5.41) is 18.7. The number of hydrogen-bond donors (Lipinski definition) is 3. The number of nitrogens with zero attached hydrogens (tertiary/aromatic N) is 1. The van der Waals surface area contributed by atoms with Gasteiger partial charge in [0.2, 0.25) is 0 Å². The number of hydrogen-bond acceptors (Lipinski definition) is 4. The van der Waals surface area contributed by atoms with Crippen LogP contribution < -0.4 is 10.6 Å². The number of rotatable bonds is 6. The number of aliphatic hydroxyl groups is 1. The molecule has 0 aromatic carbocycles. The van der Waals surface area contributed by atoms with Gasteiger partial charge in [-0.25, -0.2) is 4.79 Å². The van der Waals surface area contributed by atoms with Crippen LogP contribution in [0.5, 0.6) is 0 Å². The highest BCUT2D eigenvalue weighted by Crippen LogP contribution is 2.19. The van der Waals surface area contributed by atoms with Crippen molar-refractivity contribution in [2.45, 2.75) is 46.1 Å². The van der Waals surface area contributed by atoms with Gasteiger partial charge in [-0.2, -0.15) is 0 Å². The monoisotopic (exact) mass is 255 g/mol. The maximum absolute atomic E-state index is 11.6. The quantitative estimate of drug-likeness (QED) is 0.723. The van der Waals surface area contributed by atoms with Crippen molar-refractivity contribution in [3.05, 3.63) is 11.5 Å². The summed E-state index contributed by atoms with van der Waals surface area (Å²) in [6, 6.07) is -0.355. The van der Waals surface area contributed by atoms with Crippen molar-refractivity contribution in [1.82, 2.24) is 10.5 Å². The maximum atomic E-state index is 11.6. The Morgan fingerprint density at radius 2 is 2.22 bits per heavy atom. The van der Waals surface area contributed by atoms with E-state index in [2.05, 4.69) is 15.8 Å². The second kappa shape index (κ2) is 7.00. The fourth-order valence-electron chi connectivity index (χ4n) is 1.62. The van der Waals surface area contributed by atoms with E-state index in [0.717, 1.165) is 12.1 Å². The van der Waals surface area contributed by atoms with Crippen LogP contribution in [-0.4, -0.2) is 28.9 Å². The van der Waals surface area contributed by atoms with Crippen molar-refractivity contribution in [3.8, 4) is 0 Å². The van der Waals surface area contributed by atoms with E-state index >= 15 is 0 Å². The largest absolute Gasteiger partial charge is 0.391 e. The zero-order chi connectivity index (χ0) is 13.5. The van der Waals surface area contributed by atoms with Gasteiger partial charge in [0, 0.05) is 6.54 Å². The molecule has 1 aromatic heterocycles. The number of carbonyl (C=O) groups excluding carboxylic acids is 1. The maximum Gasteiger partial charge on any atom is 0.319 e. The lowest BCUT2D eigenvalue weighted by Crippen LogP contribution is -2.35. The van der Waals surface area contributed by atoms with E-state index in [1.165, 1.54) is 0 Å². The summed E-state index contributed by atoms with van der Waals surface area (Å²) >= 11 is 0. The molecule has 1 rings (SSSR count). The Bertz CT molecular complexity index is 390. The van der Waals surface area contributed by atoms with Gasteiger partial charge in [-0.3, -0.25) is 0 Å². The molecule has 0 aliphatic heterocycles. The number of amides is 2. The topological polar surface area (TPSA) is 87.4 Å². The average molecular weight is 255 g/mol. The van der Waals surface area contributed by atoms with Crippen LogP contribution in [0.2, 0.25) is 0 Å². The van der Waals surface area contributed by atoms with Crippen LogP contribution in [0.15, 0.2) is 4.52 Å². The molecule has 18 heavy (non-hydrogen) atoms. The highest BCUT2D eigenvalue weighted by molar-refractivity contribution is 5.90. The first-order valence-electron chi connectivity index (χ1n) is 6.26. The third-order valence-electron chi connectivity index (χ3n) is 2.63. The molecule has 0 spiro atoms. The summed E-state index contributed by atoms with van der Waals surface area (Å²) in [4.78, 5) is 11.6. The number of aliphatic hydroxyl groups excluding tert-OH is 1. The zero-order valence-electron chi connectivity index (χ0n) is 11.1. The molecule has 102 valence electrons. The minimum Gasteiger partial charge on any atom is -0.391 e. The smallest absolute Gasteiger partial charge is 0.319 e. The predicted molar refractivity (Wildman–Crippen MR) is 68.6 cm³/mol. The normalized spacial score (nSPS) is 12.2. The molecule has 6 nitrogen and oxygen atoms in total. The van der Waals surface area contributed by atoms with Crippen molar-refractivity contribution >= 4 is 11.7 Å². The molecule has 1 heterocycles. The van der Waals surface area contributed by atoms with Crippen LogP contribution in [0.4, 0.5) is 10.5 Å². The molecule has 0 saturated heterocycles. The molecule has 6 heteroatoms. The van der Waals surface area contributed by atoms with E-state index in [4.69, 9.17) is 4.52 Å². The average Bonchev–Trinajstić information content (AvgIpc) is 2.68. The molecule has 0 saturated carbocycles. The molecular weight excluding hydrogens is 234 g/mol. The first kappa shape index (κ1) is 14.5. The number of carbonyl (C=O) groups is 1. The molecule has 0 aliphatic rings. The first-order chi connectivity index (χ1) is 8.58. The molecular formula is C12H21N3O3. The van der Waals surface area contributed by atoms with Gasteiger partial charge in [-0.15, -0.1) is 0 Å². The van der Waals surface area contributed by atoms with Crippen LogP contribution in [0, 0.1) is 6.92 Å². The van der Waals surface area contributed by atoms with E-state index in [-0.39, 0.29) is 12.6 Å². The summed E-state index contributed by atoms with van der Waals surface area (Å²) in [5.74, 6) is 0.580. The van der Waals surface area contributed by atoms with Crippen LogP contribution >= 0.6 is 0 Å². The molecule has 3 N–H and O–H groups in total. The molecule has 2 amide bonds.